The first-order valence-corrected chi connectivity index (χ1v) is 6.39. The van der Waals surface area contributed by atoms with E-state index < -0.39 is 0 Å². The van der Waals surface area contributed by atoms with Gasteiger partial charge in [0.1, 0.15) is 5.75 Å². The van der Waals surface area contributed by atoms with Crippen LogP contribution in [0.3, 0.4) is 0 Å². The SMILES string of the molecule is CCNCC(NC)c1cc(OC)c(OC)cc1OC. The minimum Gasteiger partial charge on any atom is -0.496 e. The van der Waals surface area contributed by atoms with Gasteiger partial charge in [-0.2, -0.15) is 0 Å². The fourth-order valence-corrected chi connectivity index (χ4v) is 1.98. The van der Waals surface area contributed by atoms with Gasteiger partial charge in [-0.25, -0.2) is 0 Å². The molecule has 1 aromatic carbocycles. The van der Waals surface area contributed by atoms with Crippen molar-refractivity contribution in [2.24, 2.45) is 0 Å². The molecule has 0 aliphatic carbocycles. The van der Waals surface area contributed by atoms with E-state index >= 15 is 0 Å². The van der Waals surface area contributed by atoms with Crippen LogP contribution in [-0.4, -0.2) is 41.5 Å². The Morgan fingerprint density at radius 3 is 2.05 bits per heavy atom. The lowest BCUT2D eigenvalue weighted by atomic mass is 10.0. The normalized spacial score (nSPS) is 12.1. The Morgan fingerprint density at radius 1 is 1.00 bits per heavy atom. The molecule has 2 N–H and O–H groups in total. The van der Waals surface area contributed by atoms with Crippen molar-refractivity contribution in [3.05, 3.63) is 17.7 Å². The average molecular weight is 268 g/mol. The van der Waals surface area contributed by atoms with E-state index in [9.17, 15) is 0 Å². The second-order valence-corrected chi connectivity index (χ2v) is 4.10. The monoisotopic (exact) mass is 268 g/mol. The van der Waals surface area contributed by atoms with Crippen LogP contribution in [0.25, 0.3) is 0 Å². The molecule has 0 saturated heterocycles. The Kier molecular flexibility index (Phi) is 6.45. The van der Waals surface area contributed by atoms with Gasteiger partial charge < -0.3 is 24.8 Å². The lowest BCUT2D eigenvalue weighted by Gasteiger charge is -2.21. The minimum atomic E-state index is 0.148. The number of likely N-dealkylation sites (N-methyl/N-ethyl adjacent to an activating group) is 2. The molecule has 0 saturated carbocycles. The molecule has 1 unspecified atom stereocenters. The summed E-state index contributed by atoms with van der Waals surface area (Å²) in [6.45, 7) is 3.82. The molecule has 0 fully saturated rings. The first kappa shape index (κ1) is 15.6. The van der Waals surface area contributed by atoms with Crippen LogP contribution < -0.4 is 24.8 Å². The molecule has 1 atom stereocenters. The first-order valence-electron chi connectivity index (χ1n) is 6.39. The summed E-state index contributed by atoms with van der Waals surface area (Å²) in [7, 11) is 6.83. The molecule has 0 heterocycles. The minimum absolute atomic E-state index is 0.148. The standard InChI is InChI=1S/C14H24N2O3/c1-6-16-9-11(15-2)10-7-13(18-4)14(19-5)8-12(10)17-3/h7-8,11,15-16H,6,9H2,1-5H3. The Bertz CT molecular complexity index is 397. The molecule has 1 rings (SSSR count). The number of ether oxygens (including phenoxy) is 3. The maximum Gasteiger partial charge on any atom is 0.164 e. The fraction of sp³-hybridized carbons (Fsp3) is 0.571. The molecular weight excluding hydrogens is 244 g/mol. The predicted molar refractivity (Wildman–Crippen MR) is 76.4 cm³/mol. The third kappa shape index (κ3) is 3.75. The van der Waals surface area contributed by atoms with Crippen molar-refractivity contribution in [2.45, 2.75) is 13.0 Å². The molecule has 0 spiro atoms. The summed E-state index contributed by atoms with van der Waals surface area (Å²) in [4.78, 5) is 0. The van der Waals surface area contributed by atoms with Crippen molar-refractivity contribution in [3.8, 4) is 17.2 Å². The Morgan fingerprint density at radius 2 is 1.58 bits per heavy atom. The highest BCUT2D eigenvalue weighted by atomic mass is 16.5. The number of nitrogens with one attached hydrogen (secondary N) is 2. The van der Waals surface area contributed by atoms with E-state index in [0.717, 1.165) is 24.4 Å². The van der Waals surface area contributed by atoms with Crippen LogP contribution in [0.4, 0.5) is 0 Å². The summed E-state index contributed by atoms with van der Waals surface area (Å²) >= 11 is 0. The van der Waals surface area contributed by atoms with Gasteiger partial charge in [0, 0.05) is 24.2 Å². The van der Waals surface area contributed by atoms with Crippen LogP contribution in [0.2, 0.25) is 0 Å². The third-order valence-electron chi connectivity index (χ3n) is 3.06. The van der Waals surface area contributed by atoms with Gasteiger partial charge in [0.15, 0.2) is 11.5 Å². The van der Waals surface area contributed by atoms with Gasteiger partial charge in [0.05, 0.1) is 21.3 Å². The highest BCUT2D eigenvalue weighted by Crippen LogP contribution is 2.37. The summed E-state index contributed by atoms with van der Waals surface area (Å²) in [5.41, 5.74) is 1.05. The molecular formula is C14H24N2O3. The van der Waals surface area contributed by atoms with Gasteiger partial charge in [0.2, 0.25) is 0 Å². The molecule has 0 radical (unpaired) electrons. The van der Waals surface area contributed by atoms with Crippen LogP contribution in [0, 0.1) is 0 Å². The second kappa shape index (κ2) is 7.86. The average Bonchev–Trinajstić information content (AvgIpc) is 2.47. The Hall–Kier alpha value is -1.46. The van der Waals surface area contributed by atoms with Gasteiger partial charge in [-0.15, -0.1) is 0 Å². The van der Waals surface area contributed by atoms with Gasteiger partial charge in [-0.3, -0.25) is 0 Å². The third-order valence-corrected chi connectivity index (χ3v) is 3.06. The van der Waals surface area contributed by atoms with Crippen LogP contribution in [0.1, 0.15) is 18.5 Å². The maximum absolute atomic E-state index is 5.45. The van der Waals surface area contributed by atoms with Crippen molar-refractivity contribution in [1.29, 1.82) is 0 Å². The fourth-order valence-electron chi connectivity index (χ4n) is 1.98. The van der Waals surface area contributed by atoms with Crippen molar-refractivity contribution in [3.63, 3.8) is 0 Å². The number of methoxy groups -OCH3 is 3. The maximum atomic E-state index is 5.45. The first-order chi connectivity index (χ1) is 9.21. The van der Waals surface area contributed by atoms with Crippen LogP contribution in [-0.2, 0) is 0 Å². The summed E-state index contributed by atoms with van der Waals surface area (Å²) in [5, 5.41) is 6.60. The van der Waals surface area contributed by atoms with Crippen molar-refractivity contribution in [1.82, 2.24) is 10.6 Å². The number of benzene rings is 1. The van der Waals surface area contributed by atoms with Crippen molar-refractivity contribution >= 4 is 0 Å². The van der Waals surface area contributed by atoms with Crippen LogP contribution in [0.15, 0.2) is 12.1 Å². The van der Waals surface area contributed by atoms with Crippen molar-refractivity contribution < 1.29 is 14.2 Å². The molecule has 5 nitrogen and oxygen atoms in total. The quantitative estimate of drug-likeness (QED) is 0.750. The van der Waals surface area contributed by atoms with Gasteiger partial charge in [-0.1, -0.05) is 6.92 Å². The summed E-state index contributed by atoms with van der Waals surface area (Å²) in [6.07, 6.45) is 0. The molecule has 1 aromatic rings. The Balaban J connectivity index is 3.15. The number of hydrogen-bond donors (Lipinski definition) is 2. The lowest BCUT2D eigenvalue weighted by molar-refractivity contribution is 0.345. The second-order valence-electron chi connectivity index (χ2n) is 4.10. The van der Waals surface area contributed by atoms with E-state index in [1.54, 1.807) is 21.3 Å². The molecule has 19 heavy (non-hydrogen) atoms. The predicted octanol–water partition coefficient (Wildman–Crippen LogP) is 1.58. The molecule has 0 bridgehead atoms. The topological polar surface area (TPSA) is 51.8 Å². The molecule has 0 amide bonds. The molecule has 0 aliphatic rings. The molecule has 108 valence electrons. The van der Waals surface area contributed by atoms with E-state index in [1.165, 1.54) is 0 Å². The zero-order chi connectivity index (χ0) is 14.3. The smallest absolute Gasteiger partial charge is 0.164 e. The van der Waals surface area contributed by atoms with E-state index in [1.807, 2.05) is 19.2 Å². The van der Waals surface area contributed by atoms with Gasteiger partial charge >= 0.3 is 0 Å². The Labute approximate surface area is 115 Å². The number of rotatable bonds is 8. The van der Waals surface area contributed by atoms with Gasteiger partial charge in [-0.05, 0) is 19.7 Å². The van der Waals surface area contributed by atoms with Crippen LogP contribution >= 0.6 is 0 Å². The van der Waals surface area contributed by atoms with E-state index in [0.29, 0.717) is 11.5 Å². The zero-order valence-corrected chi connectivity index (χ0v) is 12.4. The van der Waals surface area contributed by atoms with E-state index in [2.05, 4.69) is 17.6 Å². The number of hydrogen-bond acceptors (Lipinski definition) is 5. The lowest BCUT2D eigenvalue weighted by Crippen LogP contribution is -2.29. The molecule has 5 heteroatoms. The van der Waals surface area contributed by atoms with Crippen molar-refractivity contribution in [2.75, 3.05) is 41.5 Å². The van der Waals surface area contributed by atoms with Crippen LogP contribution in [0.5, 0.6) is 17.2 Å². The summed E-state index contributed by atoms with van der Waals surface area (Å²) in [5.74, 6) is 2.16. The highest BCUT2D eigenvalue weighted by molar-refractivity contribution is 5.52. The molecule has 0 aromatic heterocycles. The zero-order valence-electron chi connectivity index (χ0n) is 12.4. The van der Waals surface area contributed by atoms with E-state index in [4.69, 9.17) is 14.2 Å². The summed E-state index contributed by atoms with van der Waals surface area (Å²) < 4.78 is 16.1. The summed E-state index contributed by atoms with van der Waals surface area (Å²) in [6, 6.07) is 3.95. The van der Waals surface area contributed by atoms with E-state index in [-0.39, 0.29) is 6.04 Å². The highest BCUT2D eigenvalue weighted by Gasteiger charge is 2.18. The largest absolute Gasteiger partial charge is 0.496 e. The molecule has 0 aliphatic heterocycles. The van der Waals surface area contributed by atoms with Gasteiger partial charge in [0.25, 0.3) is 0 Å².